The zero-order valence-corrected chi connectivity index (χ0v) is 17.7. The maximum absolute atomic E-state index is 12.7. The first-order valence-electron chi connectivity index (χ1n) is 11.2. The van der Waals surface area contributed by atoms with Crippen LogP contribution >= 0.6 is 0 Å². The summed E-state index contributed by atoms with van der Waals surface area (Å²) in [5.41, 5.74) is 1.20. The second-order valence-corrected chi connectivity index (χ2v) is 8.32. The van der Waals surface area contributed by atoms with Gasteiger partial charge in [-0.1, -0.05) is 19.1 Å². The van der Waals surface area contributed by atoms with E-state index in [1.54, 1.807) is 0 Å². The van der Waals surface area contributed by atoms with Crippen LogP contribution in [-0.2, 0) is 0 Å². The molecule has 0 aliphatic carbocycles. The topological polar surface area (TPSA) is 44.8 Å². The fourth-order valence-corrected chi connectivity index (χ4v) is 4.35. The molecule has 2 fully saturated rings. The minimum absolute atomic E-state index is 0.0863. The van der Waals surface area contributed by atoms with E-state index in [0.717, 1.165) is 50.4 Å². The molecule has 156 valence electrons. The van der Waals surface area contributed by atoms with Gasteiger partial charge in [0, 0.05) is 13.1 Å². The van der Waals surface area contributed by atoms with E-state index in [2.05, 4.69) is 29.3 Å². The van der Waals surface area contributed by atoms with Crippen LogP contribution in [0.15, 0.2) is 24.3 Å². The first-order valence-corrected chi connectivity index (χ1v) is 11.2. The number of nitrogens with zero attached hydrogens (tertiary/aromatic N) is 2. The van der Waals surface area contributed by atoms with Gasteiger partial charge in [0.15, 0.2) is 0 Å². The second kappa shape index (κ2) is 10.7. The van der Waals surface area contributed by atoms with Gasteiger partial charge in [-0.3, -0.25) is 0 Å². The quantitative estimate of drug-likeness (QED) is 0.671. The number of urea groups is 1. The number of hydrogen-bond acceptors (Lipinski definition) is 3. The van der Waals surface area contributed by atoms with E-state index in [0.29, 0.717) is 6.61 Å². The normalized spacial score (nSPS) is 21.1. The SMILES string of the molecule is CCOc1ccc(C2CCCN2C(=O)NCCCCN2CCC(C)CC2)cc1. The van der Waals surface area contributed by atoms with Gasteiger partial charge in [0.05, 0.1) is 12.6 Å². The molecule has 0 spiro atoms. The molecule has 2 aliphatic heterocycles. The Balaban J connectivity index is 1.38. The van der Waals surface area contributed by atoms with Crippen molar-refractivity contribution in [3.8, 4) is 5.75 Å². The molecule has 5 nitrogen and oxygen atoms in total. The Kier molecular flexibility index (Phi) is 8.01. The Morgan fingerprint density at radius 2 is 1.86 bits per heavy atom. The van der Waals surface area contributed by atoms with Crippen LogP contribution in [0.3, 0.4) is 0 Å². The number of carbonyl (C=O) groups is 1. The molecule has 1 atom stereocenters. The summed E-state index contributed by atoms with van der Waals surface area (Å²) in [6.07, 6.45) is 6.99. The van der Waals surface area contributed by atoms with E-state index in [-0.39, 0.29) is 12.1 Å². The third-order valence-electron chi connectivity index (χ3n) is 6.14. The summed E-state index contributed by atoms with van der Waals surface area (Å²) in [6.45, 7) is 10.3. The van der Waals surface area contributed by atoms with Gasteiger partial charge < -0.3 is 19.9 Å². The lowest BCUT2D eigenvalue weighted by Gasteiger charge is -2.30. The number of likely N-dealkylation sites (tertiary alicyclic amines) is 2. The van der Waals surface area contributed by atoms with E-state index in [9.17, 15) is 4.79 Å². The highest BCUT2D eigenvalue weighted by Gasteiger charge is 2.29. The maximum atomic E-state index is 12.7. The molecule has 2 amide bonds. The highest BCUT2D eigenvalue weighted by molar-refractivity contribution is 5.75. The first-order chi connectivity index (χ1) is 13.7. The molecule has 1 unspecified atom stereocenters. The molecule has 2 aliphatic rings. The van der Waals surface area contributed by atoms with Crippen molar-refractivity contribution < 1.29 is 9.53 Å². The van der Waals surface area contributed by atoms with Crippen molar-refractivity contribution in [1.82, 2.24) is 15.1 Å². The van der Waals surface area contributed by atoms with Gasteiger partial charge in [0.1, 0.15) is 5.75 Å². The zero-order valence-electron chi connectivity index (χ0n) is 17.7. The van der Waals surface area contributed by atoms with Gasteiger partial charge in [-0.15, -0.1) is 0 Å². The van der Waals surface area contributed by atoms with Crippen molar-refractivity contribution in [3.63, 3.8) is 0 Å². The van der Waals surface area contributed by atoms with E-state index in [1.165, 1.54) is 38.0 Å². The molecular formula is C23H37N3O2. The maximum Gasteiger partial charge on any atom is 0.317 e. The van der Waals surface area contributed by atoms with Gasteiger partial charge in [-0.05, 0) is 88.7 Å². The molecule has 1 aromatic rings. The number of carbonyl (C=O) groups excluding carboxylic acids is 1. The van der Waals surface area contributed by atoms with Gasteiger partial charge in [0.2, 0.25) is 0 Å². The third kappa shape index (κ3) is 5.87. The summed E-state index contributed by atoms with van der Waals surface area (Å²) < 4.78 is 5.53. The summed E-state index contributed by atoms with van der Waals surface area (Å²) in [6, 6.07) is 8.49. The number of hydrogen-bond donors (Lipinski definition) is 1. The second-order valence-electron chi connectivity index (χ2n) is 8.32. The molecule has 2 heterocycles. The van der Waals surface area contributed by atoms with E-state index >= 15 is 0 Å². The Morgan fingerprint density at radius 1 is 1.11 bits per heavy atom. The minimum Gasteiger partial charge on any atom is -0.494 e. The predicted octanol–water partition coefficient (Wildman–Crippen LogP) is 4.44. The van der Waals surface area contributed by atoms with E-state index < -0.39 is 0 Å². The highest BCUT2D eigenvalue weighted by Crippen LogP contribution is 2.32. The summed E-state index contributed by atoms with van der Waals surface area (Å²) in [4.78, 5) is 17.3. The number of amides is 2. The molecule has 28 heavy (non-hydrogen) atoms. The Labute approximate surface area is 170 Å². The molecule has 3 rings (SSSR count). The summed E-state index contributed by atoms with van der Waals surface area (Å²) in [5, 5.41) is 3.14. The Morgan fingerprint density at radius 3 is 2.57 bits per heavy atom. The summed E-state index contributed by atoms with van der Waals surface area (Å²) in [7, 11) is 0. The number of nitrogens with one attached hydrogen (secondary N) is 1. The standard InChI is InChI=1S/C23H37N3O2/c1-3-28-21-10-8-20(9-11-21)22-7-6-16-26(22)23(27)24-14-4-5-15-25-17-12-19(2)13-18-25/h8-11,19,22H,3-7,12-18H2,1-2H3,(H,24,27). The number of piperidine rings is 1. The van der Waals surface area contributed by atoms with Crippen molar-refractivity contribution in [3.05, 3.63) is 29.8 Å². The molecule has 2 saturated heterocycles. The molecular weight excluding hydrogens is 350 g/mol. The van der Waals surface area contributed by atoms with Crippen LogP contribution in [0.5, 0.6) is 5.75 Å². The number of rotatable bonds is 8. The third-order valence-corrected chi connectivity index (χ3v) is 6.14. The fourth-order valence-electron chi connectivity index (χ4n) is 4.35. The molecule has 0 saturated carbocycles. The molecule has 0 bridgehead atoms. The van der Waals surface area contributed by atoms with Crippen molar-refractivity contribution >= 4 is 6.03 Å². The van der Waals surface area contributed by atoms with Crippen LogP contribution in [0, 0.1) is 5.92 Å². The summed E-state index contributed by atoms with van der Waals surface area (Å²) in [5.74, 6) is 1.78. The van der Waals surface area contributed by atoms with Gasteiger partial charge in [-0.25, -0.2) is 4.79 Å². The average Bonchev–Trinajstić information content (AvgIpc) is 3.20. The van der Waals surface area contributed by atoms with Crippen LogP contribution in [0.4, 0.5) is 4.79 Å². The van der Waals surface area contributed by atoms with Crippen molar-refractivity contribution in [2.45, 2.75) is 58.4 Å². The lowest BCUT2D eigenvalue weighted by molar-refractivity contribution is 0.186. The largest absolute Gasteiger partial charge is 0.494 e. The Bertz CT molecular complexity index is 596. The van der Waals surface area contributed by atoms with Crippen LogP contribution in [0.1, 0.15) is 64.0 Å². The highest BCUT2D eigenvalue weighted by atomic mass is 16.5. The molecule has 0 radical (unpaired) electrons. The van der Waals surface area contributed by atoms with Crippen molar-refractivity contribution in [2.24, 2.45) is 5.92 Å². The Hall–Kier alpha value is -1.75. The lowest BCUT2D eigenvalue weighted by Crippen LogP contribution is -2.40. The average molecular weight is 388 g/mol. The first kappa shape index (κ1) is 21.0. The van der Waals surface area contributed by atoms with Crippen LogP contribution in [-0.4, -0.2) is 55.2 Å². The van der Waals surface area contributed by atoms with Crippen molar-refractivity contribution in [1.29, 1.82) is 0 Å². The van der Waals surface area contributed by atoms with Crippen LogP contribution in [0.2, 0.25) is 0 Å². The van der Waals surface area contributed by atoms with Crippen LogP contribution < -0.4 is 10.1 Å². The van der Waals surface area contributed by atoms with Gasteiger partial charge in [-0.2, -0.15) is 0 Å². The van der Waals surface area contributed by atoms with Gasteiger partial charge >= 0.3 is 6.03 Å². The predicted molar refractivity (Wildman–Crippen MR) is 114 cm³/mol. The molecule has 0 aromatic heterocycles. The van der Waals surface area contributed by atoms with E-state index in [1.807, 2.05) is 24.0 Å². The number of ether oxygens (including phenoxy) is 1. The number of unbranched alkanes of at least 4 members (excludes halogenated alkanes) is 1. The smallest absolute Gasteiger partial charge is 0.317 e. The van der Waals surface area contributed by atoms with Crippen molar-refractivity contribution in [2.75, 3.05) is 39.3 Å². The zero-order chi connectivity index (χ0) is 19.8. The lowest BCUT2D eigenvalue weighted by atomic mass is 9.99. The van der Waals surface area contributed by atoms with Crippen LogP contribution in [0.25, 0.3) is 0 Å². The summed E-state index contributed by atoms with van der Waals surface area (Å²) >= 11 is 0. The molecule has 1 N–H and O–H groups in total. The fraction of sp³-hybridized carbons (Fsp3) is 0.696. The minimum atomic E-state index is 0.0863. The molecule has 5 heteroatoms. The number of benzene rings is 1. The van der Waals surface area contributed by atoms with Gasteiger partial charge in [0.25, 0.3) is 0 Å². The molecule has 1 aromatic carbocycles. The van der Waals surface area contributed by atoms with E-state index in [4.69, 9.17) is 4.74 Å². The monoisotopic (exact) mass is 387 g/mol.